The third-order valence-electron chi connectivity index (χ3n) is 2.97. The third kappa shape index (κ3) is 3.04. The van der Waals surface area contributed by atoms with Crippen LogP contribution in [0.4, 0.5) is 10.9 Å². The summed E-state index contributed by atoms with van der Waals surface area (Å²) in [6.07, 6.45) is 1.47. The molecule has 1 aromatic rings. The molecule has 0 atom stereocenters. The zero-order valence-corrected chi connectivity index (χ0v) is 11.4. The molecule has 0 radical (unpaired) electrons. The van der Waals surface area contributed by atoms with E-state index in [0.717, 1.165) is 31.7 Å². The van der Waals surface area contributed by atoms with Gasteiger partial charge in [0.2, 0.25) is 5.13 Å². The minimum atomic E-state index is -0.477. The Morgan fingerprint density at radius 1 is 1.56 bits per heavy atom. The van der Waals surface area contributed by atoms with Gasteiger partial charge in [-0.05, 0) is 12.8 Å². The molecule has 0 amide bonds. The number of aliphatic imine (C=N–C) groups is 1. The van der Waals surface area contributed by atoms with Crippen molar-refractivity contribution in [2.45, 2.75) is 17.7 Å². The number of halogens is 1. The zero-order valence-electron chi connectivity index (χ0n) is 9.84. The fourth-order valence-electron chi connectivity index (χ4n) is 1.86. The van der Waals surface area contributed by atoms with E-state index in [1.165, 1.54) is 11.3 Å². The van der Waals surface area contributed by atoms with E-state index in [1.807, 2.05) is 5.38 Å². The molecular weight excluding hydrogens is 274 g/mol. The Morgan fingerprint density at radius 2 is 2.22 bits per heavy atom. The highest BCUT2D eigenvalue weighted by atomic mass is 35.5. The van der Waals surface area contributed by atoms with Crippen molar-refractivity contribution in [3.05, 3.63) is 5.38 Å². The molecule has 1 saturated heterocycles. The van der Waals surface area contributed by atoms with E-state index in [0.29, 0.717) is 5.13 Å². The second kappa shape index (κ2) is 5.29. The first-order valence-electron chi connectivity index (χ1n) is 5.62. The number of alkyl halides is 1. The largest absolute Gasteiger partial charge is 0.395 e. The zero-order chi connectivity index (χ0) is 13.2. The van der Waals surface area contributed by atoms with Crippen molar-refractivity contribution in [1.29, 1.82) is 0 Å². The normalized spacial score (nSPS) is 18.7. The molecule has 18 heavy (non-hydrogen) atoms. The first kappa shape index (κ1) is 13.4. The number of nitrogens with zero attached hydrogens (tertiary/aromatic N) is 3. The van der Waals surface area contributed by atoms with Crippen LogP contribution in [0.15, 0.2) is 10.4 Å². The summed E-state index contributed by atoms with van der Waals surface area (Å²) >= 11 is 7.63. The SMILES string of the molecule is NC(N)=Nc1nc(N2CCC(Cl)(CO)CC2)cs1. The third-order valence-corrected chi connectivity index (χ3v) is 4.19. The summed E-state index contributed by atoms with van der Waals surface area (Å²) in [6, 6.07) is 0. The smallest absolute Gasteiger partial charge is 0.214 e. The number of aromatic nitrogens is 1. The Hall–Kier alpha value is -1.05. The van der Waals surface area contributed by atoms with Crippen molar-refractivity contribution in [1.82, 2.24) is 4.98 Å². The average molecular weight is 290 g/mol. The first-order chi connectivity index (χ1) is 8.52. The Balaban J connectivity index is 2.02. The maximum absolute atomic E-state index is 9.20. The van der Waals surface area contributed by atoms with Crippen LogP contribution in [-0.2, 0) is 0 Å². The summed E-state index contributed by atoms with van der Waals surface area (Å²) in [5.41, 5.74) is 10.6. The molecule has 6 nitrogen and oxygen atoms in total. The molecule has 0 aliphatic carbocycles. The standard InChI is InChI=1S/C10H16ClN5OS/c11-10(6-17)1-3-16(4-2-10)7-5-18-9(14-7)15-8(12)13/h5,17H,1-4,6H2,(H4,12,13,14,15). The van der Waals surface area contributed by atoms with Crippen LogP contribution in [-0.4, -0.2) is 40.6 Å². The van der Waals surface area contributed by atoms with Crippen LogP contribution in [0, 0.1) is 0 Å². The molecule has 0 saturated carbocycles. The topological polar surface area (TPSA) is 101 Å². The van der Waals surface area contributed by atoms with Gasteiger partial charge in [-0.3, -0.25) is 0 Å². The van der Waals surface area contributed by atoms with Crippen LogP contribution < -0.4 is 16.4 Å². The molecule has 0 aromatic carbocycles. The van der Waals surface area contributed by atoms with Crippen LogP contribution >= 0.6 is 22.9 Å². The van der Waals surface area contributed by atoms with E-state index in [1.54, 1.807) is 0 Å². The van der Waals surface area contributed by atoms with E-state index in [9.17, 15) is 5.11 Å². The Morgan fingerprint density at radius 3 is 2.78 bits per heavy atom. The number of piperidine rings is 1. The summed E-state index contributed by atoms with van der Waals surface area (Å²) in [4.78, 5) is 9.89. The molecule has 8 heteroatoms. The lowest BCUT2D eigenvalue weighted by atomic mass is 9.97. The molecule has 5 N–H and O–H groups in total. The van der Waals surface area contributed by atoms with E-state index < -0.39 is 4.87 Å². The highest BCUT2D eigenvalue weighted by Crippen LogP contribution is 2.32. The molecule has 1 aliphatic rings. The van der Waals surface area contributed by atoms with Crippen molar-refractivity contribution in [3.8, 4) is 0 Å². The predicted molar refractivity (Wildman–Crippen MR) is 74.7 cm³/mol. The van der Waals surface area contributed by atoms with Crippen molar-refractivity contribution in [2.75, 3.05) is 24.6 Å². The predicted octanol–water partition coefficient (Wildman–Crippen LogP) is 0.618. The molecule has 0 unspecified atom stereocenters. The van der Waals surface area contributed by atoms with Gasteiger partial charge in [0.1, 0.15) is 5.82 Å². The van der Waals surface area contributed by atoms with Gasteiger partial charge in [-0.15, -0.1) is 22.9 Å². The Bertz CT molecular complexity index is 437. The van der Waals surface area contributed by atoms with Crippen LogP contribution in [0.2, 0.25) is 0 Å². The lowest BCUT2D eigenvalue weighted by Crippen LogP contribution is -2.43. The minimum absolute atomic E-state index is 0.00889. The van der Waals surface area contributed by atoms with Gasteiger partial charge in [0, 0.05) is 18.5 Å². The van der Waals surface area contributed by atoms with Gasteiger partial charge in [-0.1, -0.05) is 0 Å². The van der Waals surface area contributed by atoms with E-state index in [2.05, 4.69) is 14.9 Å². The number of aliphatic hydroxyl groups is 1. The quantitative estimate of drug-likeness (QED) is 0.430. The molecule has 0 bridgehead atoms. The molecule has 1 aliphatic heterocycles. The number of hydrogen-bond acceptors (Lipinski definition) is 5. The van der Waals surface area contributed by atoms with E-state index in [-0.39, 0.29) is 12.6 Å². The average Bonchev–Trinajstić information content (AvgIpc) is 2.77. The molecule has 2 rings (SSSR count). The summed E-state index contributed by atoms with van der Waals surface area (Å²) in [5, 5.41) is 11.7. The molecule has 1 aromatic heterocycles. The van der Waals surface area contributed by atoms with Crippen molar-refractivity contribution in [3.63, 3.8) is 0 Å². The maximum Gasteiger partial charge on any atom is 0.214 e. The molecule has 100 valence electrons. The highest BCUT2D eigenvalue weighted by Gasteiger charge is 2.32. The van der Waals surface area contributed by atoms with Crippen LogP contribution in [0.3, 0.4) is 0 Å². The van der Waals surface area contributed by atoms with Gasteiger partial charge < -0.3 is 21.5 Å². The van der Waals surface area contributed by atoms with Gasteiger partial charge >= 0.3 is 0 Å². The molecule has 2 heterocycles. The number of hydrogen-bond donors (Lipinski definition) is 3. The number of guanidine groups is 1. The van der Waals surface area contributed by atoms with Crippen molar-refractivity contribution in [2.24, 2.45) is 16.5 Å². The van der Waals surface area contributed by atoms with E-state index in [4.69, 9.17) is 23.1 Å². The lowest BCUT2D eigenvalue weighted by Gasteiger charge is -2.36. The van der Waals surface area contributed by atoms with Crippen LogP contribution in [0.5, 0.6) is 0 Å². The second-order valence-electron chi connectivity index (χ2n) is 4.32. The molecule has 1 fully saturated rings. The summed E-state index contributed by atoms with van der Waals surface area (Å²) in [5.74, 6) is 0.867. The van der Waals surface area contributed by atoms with Gasteiger partial charge in [0.05, 0.1) is 11.5 Å². The number of anilines is 1. The minimum Gasteiger partial charge on any atom is -0.395 e. The molecular formula is C10H16ClN5OS. The summed E-state index contributed by atoms with van der Waals surface area (Å²) < 4.78 is 0. The fraction of sp³-hybridized carbons (Fsp3) is 0.600. The highest BCUT2D eigenvalue weighted by molar-refractivity contribution is 7.13. The second-order valence-corrected chi connectivity index (χ2v) is 5.96. The number of thiazole rings is 1. The van der Waals surface area contributed by atoms with Crippen molar-refractivity contribution < 1.29 is 5.11 Å². The lowest BCUT2D eigenvalue weighted by molar-refractivity contribution is 0.221. The number of aliphatic hydroxyl groups excluding tert-OH is 1. The summed E-state index contributed by atoms with van der Waals surface area (Å²) in [7, 11) is 0. The maximum atomic E-state index is 9.20. The Kier molecular flexibility index (Phi) is 3.94. The van der Waals surface area contributed by atoms with Gasteiger partial charge in [0.15, 0.2) is 5.96 Å². The first-order valence-corrected chi connectivity index (χ1v) is 6.88. The van der Waals surface area contributed by atoms with Crippen LogP contribution in [0.1, 0.15) is 12.8 Å². The van der Waals surface area contributed by atoms with Gasteiger partial charge in [0.25, 0.3) is 0 Å². The Labute approximate surface area is 114 Å². The number of rotatable bonds is 3. The fourth-order valence-corrected chi connectivity index (χ4v) is 2.74. The monoisotopic (exact) mass is 289 g/mol. The van der Waals surface area contributed by atoms with Gasteiger partial charge in [-0.25, -0.2) is 4.98 Å². The summed E-state index contributed by atoms with van der Waals surface area (Å²) in [6.45, 7) is 1.56. The van der Waals surface area contributed by atoms with Crippen LogP contribution in [0.25, 0.3) is 0 Å². The van der Waals surface area contributed by atoms with Crippen molar-refractivity contribution >= 4 is 39.8 Å². The van der Waals surface area contributed by atoms with Gasteiger partial charge in [-0.2, -0.15) is 4.99 Å². The van der Waals surface area contributed by atoms with E-state index >= 15 is 0 Å². The number of nitrogens with two attached hydrogens (primary N) is 2. The molecule has 0 spiro atoms.